The summed E-state index contributed by atoms with van der Waals surface area (Å²) in [6, 6.07) is 67.1. The summed E-state index contributed by atoms with van der Waals surface area (Å²) in [4.78, 5) is 10.8. The molecular weight excluding hydrogens is 631 g/mol. The van der Waals surface area contributed by atoms with Gasteiger partial charge in [0.15, 0.2) is 0 Å². The quantitative estimate of drug-likeness (QED) is 0.167. The first kappa shape index (κ1) is 30.9. The molecular formula is C49H31N3. The second-order valence-electron chi connectivity index (χ2n) is 12.8. The molecule has 0 saturated heterocycles. The first-order chi connectivity index (χ1) is 25.8. The van der Waals surface area contributed by atoms with Gasteiger partial charge >= 0.3 is 0 Å². The first-order valence-electron chi connectivity index (χ1n) is 17.4. The van der Waals surface area contributed by atoms with Gasteiger partial charge in [-0.05, 0) is 55.9 Å². The summed E-state index contributed by atoms with van der Waals surface area (Å²) in [7, 11) is 0. The molecule has 9 aromatic rings. The Morgan fingerprint density at radius 3 is 1.04 bits per heavy atom. The Balaban J connectivity index is 1.26. The highest BCUT2D eigenvalue weighted by atomic mass is 14.9. The molecule has 0 N–H and O–H groups in total. The van der Waals surface area contributed by atoms with Crippen molar-refractivity contribution in [3.8, 4) is 73.4 Å². The maximum absolute atomic E-state index is 9.70. The normalized spacial score (nSPS) is 11.1. The molecule has 0 aliphatic carbocycles. The van der Waals surface area contributed by atoms with Crippen LogP contribution in [0, 0.1) is 11.3 Å². The fourth-order valence-electron chi connectivity index (χ4n) is 7.32. The van der Waals surface area contributed by atoms with Gasteiger partial charge in [0.2, 0.25) is 0 Å². The van der Waals surface area contributed by atoms with Gasteiger partial charge in [-0.3, -0.25) is 0 Å². The van der Waals surface area contributed by atoms with Crippen molar-refractivity contribution in [3.05, 3.63) is 194 Å². The summed E-state index contributed by atoms with van der Waals surface area (Å²) in [5.41, 5.74) is 12.5. The lowest BCUT2D eigenvalue weighted by atomic mass is 9.85. The third-order valence-electron chi connectivity index (χ3n) is 9.70. The van der Waals surface area contributed by atoms with Crippen molar-refractivity contribution in [2.75, 3.05) is 0 Å². The molecule has 0 bridgehead atoms. The van der Waals surface area contributed by atoms with Crippen LogP contribution in [0.15, 0.2) is 188 Å². The zero-order chi connectivity index (χ0) is 34.9. The van der Waals surface area contributed by atoms with E-state index < -0.39 is 0 Å². The fraction of sp³-hybridized carbons (Fsp3) is 0. The summed E-state index contributed by atoms with van der Waals surface area (Å²) in [6.07, 6.45) is 0. The van der Waals surface area contributed by atoms with Crippen molar-refractivity contribution in [1.29, 1.82) is 5.26 Å². The Hall–Kier alpha value is -7.15. The van der Waals surface area contributed by atoms with Gasteiger partial charge in [-0.1, -0.05) is 176 Å². The summed E-state index contributed by atoms with van der Waals surface area (Å²) in [6.45, 7) is 0. The average Bonchev–Trinajstić information content (AvgIpc) is 3.23. The van der Waals surface area contributed by atoms with E-state index >= 15 is 0 Å². The van der Waals surface area contributed by atoms with Crippen LogP contribution in [0.5, 0.6) is 0 Å². The third kappa shape index (κ3) is 5.50. The van der Waals surface area contributed by atoms with Crippen LogP contribution in [0.1, 0.15) is 5.56 Å². The topological polar surface area (TPSA) is 49.6 Å². The largest absolute Gasteiger partial charge is 0.243 e. The van der Waals surface area contributed by atoms with E-state index in [0.29, 0.717) is 5.56 Å². The van der Waals surface area contributed by atoms with Gasteiger partial charge in [0.1, 0.15) is 0 Å². The van der Waals surface area contributed by atoms with Crippen LogP contribution in [-0.4, -0.2) is 9.97 Å². The lowest BCUT2D eigenvalue weighted by Crippen LogP contribution is -2.00. The van der Waals surface area contributed by atoms with Gasteiger partial charge in [-0.2, -0.15) is 5.26 Å². The van der Waals surface area contributed by atoms with Gasteiger partial charge in [0.25, 0.3) is 0 Å². The molecule has 0 unspecified atom stereocenters. The smallest absolute Gasteiger partial charge is 0.0991 e. The van der Waals surface area contributed by atoms with Crippen LogP contribution in [0.3, 0.4) is 0 Å². The first-order valence-corrected chi connectivity index (χ1v) is 17.4. The maximum atomic E-state index is 9.70. The van der Waals surface area contributed by atoms with Crippen LogP contribution in [0.2, 0.25) is 0 Å². The zero-order valence-electron chi connectivity index (χ0n) is 28.2. The Morgan fingerprint density at radius 2 is 0.635 bits per heavy atom. The van der Waals surface area contributed by atoms with E-state index in [4.69, 9.17) is 9.97 Å². The predicted octanol–water partition coefficient (Wildman–Crippen LogP) is 12.7. The SMILES string of the molecule is N#Cc1cccc(-c2c3ccccc3c(-c3ccc(-c4nc(-c5ccccc5)c(-c5ccccc5)nc4-c4ccccc4)cc3)c3ccccc23)c1. The minimum absolute atomic E-state index is 0.649. The maximum Gasteiger partial charge on any atom is 0.0991 e. The Morgan fingerprint density at radius 1 is 0.308 bits per heavy atom. The number of nitriles is 1. The number of benzene rings is 8. The van der Waals surface area contributed by atoms with Gasteiger partial charge in [-0.15, -0.1) is 0 Å². The van der Waals surface area contributed by atoms with E-state index in [1.807, 2.05) is 72.8 Å². The Bertz CT molecular complexity index is 2710. The van der Waals surface area contributed by atoms with E-state index in [2.05, 4.69) is 121 Å². The molecule has 242 valence electrons. The molecule has 1 aromatic heterocycles. The fourth-order valence-corrected chi connectivity index (χ4v) is 7.32. The standard InChI is InChI=1S/C49H31N3/c50-32-33-15-14-22-39(31-33)45-42-25-12-10-23-40(42)44(41-24-11-13-26-43(41)45)34-27-29-38(30-28-34)49-48(37-20-8-3-9-21-37)51-46(35-16-4-1-5-17-35)47(52-49)36-18-6-2-7-19-36/h1-31H. The van der Waals surface area contributed by atoms with Gasteiger partial charge in [0, 0.05) is 22.3 Å². The van der Waals surface area contributed by atoms with Crippen LogP contribution in [0.25, 0.3) is 88.8 Å². The molecule has 1 heterocycles. The molecule has 0 amide bonds. The van der Waals surface area contributed by atoms with Crippen molar-refractivity contribution in [1.82, 2.24) is 9.97 Å². The minimum Gasteiger partial charge on any atom is -0.243 e. The van der Waals surface area contributed by atoms with Gasteiger partial charge < -0.3 is 0 Å². The van der Waals surface area contributed by atoms with Crippen molar-refractivity contribution in [2.45, 2.75) is 0 Å². The number of fused-ring (bicyclic) bond motifs is 2. The molecule has 3 nitrogen and oxygen atoms in total. The highest BCUT2D eigenvalue weighted by molar-refractivity contribution is 6.21. The van der Waals surface area contributed by atoms with Crippen LogP contribution >= 0.6 is 0 Å². The molecule has 0 spiro atoms. The van der Waals surface area contributed by atoms with Gasteiger partial charge in [-0.25, -0.2) is 9.97 Å². The summed E-state index contributed by atoms with van der Waals surface area (Å²) < 4.78 is 0. The van der Waals surface area contributed by atoms with E-state index in [-0.39, 0.29) is 0 Å². The predicted molar refractivity (Wildman–Crippen MR) is 214 cm³/mol. The highest BCUT2D eigenvalue weighted by Crippen LogP contribution is 2.44. The molecule has 0 radical (unpaired) electrons. The average molecular weight is 662 g/mol. The van der Waals surface area contributed by atoms with E-state index in [1.165, 1.54) is 5.56 Å². The highest BCUT2D eigenvalue weighted by Gasteiger charge is 2.21. The zero-order valence-corrected chi connectivity index (χ0v) is 28.2. The van der Waals surface area contributed by atoms with Crippen LogP contribution in [-0.2, 0) is 0 Å². The lowest BCUT2D eigenvalue weighted by molar-refractivity contribution is 1.21. The van der Waals surface area contributed by atoms with Crippen molar-refractivity contribution < 1.29 is 0 Å². The molecule has 0 fully saturated rings. The van der Waals surface area contributed by atoms with Crippen LogP contribution in [0.4, 0.5) is 0 Å². The minimum atomic E-state index is 0.649. The molecule has 0 saturated carbocycles. The number of nitrogens with zero attached hydrogens (tertiary/aromatic N) is 3. The number of hydrogen-bond donors (Lipinski definition) is 0. The molecule has 8 aromatic carbocycles. The lowest BCUT2D eigenvalue weighted by Gasteiger charge is -2.18. The molecule has 0 atom stereocenters. The monoisotopic (exact) mass is 661 g/mol. The molecule has 9 rings (SSSR count). The molecule has 0 aliphatic rings. The summed E-state index contributed by atoms with van der Waals surface area (Å²) >= 11 is 0. The number of aromatic nitrogens is 2. The number of hydrogen-bond acceptors (Lipinski definition) is 3. The third-order valence-corrected chi connectivity index (χ3v) is 9.70. The van der Waals surface area contributed by atoms with E-state index in [1.54, 1.807) is 0 Å². The Labute approximate surface area is 302 Å². The van der Waals surface area contributed by atoms with Crippen molar-refractivity contribution >= 4 is 21.5 Å². The number of rotatable bonds is 6. The van der Waals surface area contributed by atoms with Crippen molar-refractivity contribution in [2.24, 2.45) is 0 Å². The van der Waals surface area contributed by atoms with E-state index in [9.17, 15) is 5.26 Å². The Kier molecular flexibility index (Phi) is 7.89. The second kappa shape index (κ2) is 13.3. The van der Waals surface area contributed by atoms with E-state index in [0.717, 1.165) is 83.3 Å². The molecule has 0 aliphatic heterocycles. The summed E-state index contributed by atoms with van der Waals surface area (Å²) in [5.74, 6) is 0. The van der Waals surface area contributed by atoms with Crippen LogP contribution < -0.4 is 0 Å². The molecule has 3 heteroatoms. The second-order valence-corrected chi connectivity index (χ2v) is 12.8. The summed E-state index contributed by atoms with van der Waals surface area (Å²) in [5, 5.41) is 14.3. The van der Waals surface area contributed by atoms with Crippen molar-refractivity contribution in [3.63, 3.8) is 0 Å². The molecule has 52 heavy (non-hydrogen) atoms. The van der Waals surface area contributed by atoms with Gasteiger partial charge in [0.05, 0.1) is 34.4 Å².